The minimum atomic E-state index is -0.563. The molecule has 29 heavy (non-hydrogen) atoms. The molecule has 0 unspecified atom stereocenters. The topological polar surface area (TPSA) is 126 Å². The Morgan fingerprint density at radius 2 is 1.97 bits per heavy atom. The fraction of sp³-hybridized carbons (Fsp3) is 0.368. The Labute approximate surface area is 168 Å². The zero-order chi connectivity index (χ0) is 21.8. The monoisotopic (exact) mass is 407 g/mol. The van der Waals surface area contributed by atoms with Crippen LogP contribution in [0.15, 0.2) is 41.3 Å². The summed E-state index contributed by atoms with van der Waals surface area (Å²) in [7, 11) is 2.95. The molecule has 10 nitrogen and oxygen atoms in total. The number of nitro benzene ring substituents is 1. The smallest absolute Gasteiger partial charge is 0.350 e. The Balaban J connectivity index is 0.00000204. The van der Waals surface area contributed by atoms with Gasteiger partial charge < -0.3 is 23.9 Å². The molecule has 0 amide bonds. The third-order valence-corrected chi connectivity index (χ3v) is 3.49. The van der Waals surface area contributed by atoms with Crippen LogP contribution in [0.3, 0.4) is 0 Å². The zero-order valence-corrected chi connectivity index (χ0v) is 16.8. The molecular weight excluding hydrogens is 382 g/mol. The molecule has 0 atom stereocenters. The van der Waals surface area contributed by atoms with Crippen molar-refractivity contribution in [1.82, 2.24) is 9.55 Å². The fourth-order valence-corrected chi connectivity index (χ4v) is 2.11. The molecule has 1 N–H and O–H groups in total. The van der Waals surface area contributed by atoms with Gasteiger partial charge in [0.05, 0.1) is 30.3 Å². The fourth-order valence-electron chi connectivity index (χ4n) is 2.11. The largest absolute Gasteiger partial charge is 0.493 e. The van der Waals surface area contributed by atoms with Crippen LogP contribution in [0.1, 0.15) is 19.4 Å². The Morgan fingerprint density at radius 3 is 2.55 bits per heavy atom. The number of aromatic nitrogens is 2. The Morgan fingerprint density at radius 1 is 1.24 bits per heavy atom. The van der Waals surface area contributed by atoms with Gasteiger partial charge in [-0.15, -0.1) is 0 Å². The SMILES string of the molecule is CC.COc1cc(COc2ccn(C)c(=O)n2)c([N+](=O)[O-])cc1OC/C=C/CO. The molecule has 1 aromatic heterocycles. The van der Waals surface area contributed by atoms with E-state index in [0.29, 0.717) is 0 Å². The molecule has 0 saturated carbocycles. The van der Waals surface area contributed by atoms with Crippen molar-refractivity contribution in [2.45, 2.75) is 20.5 Å². The number of aliphatic hydroxyl groups is 1. The van der Waals surface area contributed by atoms with E-state index in [1.807, 2.05) is 13.8 Å². The Bertz CT molecular complexity index is 894. The predicted molar refractivity (Wildman–Crippen MR) is 107 cm³/mol. The van der Waals surface area contributed by atoms with Crippen LogP contribution in [0.5, 0.6) is 17.4 Å². The van der Waals surface area contributed by atoms with Crippen molar-refractivity contribution in [2.75, 3.05) is 20.3 Å². The maximum atomic E-state index is 11.5. The summed E-state index contributed by atoms with van der Waals surface area (Å²) >= 11 is 0. The maximum Gasteiger partial charge on any atom is 0.350 e. The van der Waals surface area contributed by atoms with E-state index in [4.69, 9.17) is 19.3 Å². The van der Waals surface area contributed by atoms with Gasteiger partial charge in [-0.05, 0) is 12.1 Å². The van der Waals surface area contributed by atoms with E-state index < -0.39 is 10.6 Å². The highest BCUT2D eigenvalue weighted by atomic mass is 16.6. The molecule has 2 rings (SSSR count). The van der Waals surface area contributed by atoms with E-state index >= 15 is 0 Å². The Kier molecular flexibility index (Phi) is 9.89. The summed E-state index contributed by atoms with van der Waals surface area (Å²) < 4.78 is 17.3. The number of ether oxygens (including phenoxy) is 3. The van der Waals surface area contributed by atoms with Crippen LogP contribution in [0.4, 0.5) is 5.69 Å². The quantitative estimate of drug-likeness (QED) is 0.381. The molecular formula is C19H25N3O7. The van der Waals surface area contributed by atoms with E-state index in [-0.39, 0.29) is 48.5 Å². The first-order valence-electron chi connectivity index (χ1n) is 8.86. The van der Waals surface area contributed by atoms with Crippen LogP contribution in [-0.2, 0) is 13.7 Å². The first-order chi connectivity index (χ1) is 14.0. The van der Waals surface area contributed by atoms with Gasteiger partial charge in [-0.25, -0.2) is 4.79 Å². The highest BCUT2D eigenvalue weighted by Crippen LogP contribution is 2.35. The van der Waals surface area contributed by atoms with Crippen molar-refractivity contribution in [1.29, 1.82) is 0 Å². The average molecular weight is 407 g/mol. The molecule has 0 aliphatic rings. The van der Waals surface area contributed by atoms with Crippen LogP contribution < -0.4 is 19.9 Å². The molecule has 1 aromatic carbocycles. The lowest BCUT2D eigenvalue weighted by Gasteiger charge is -2.12. The number of aliphatic hydroxyl groups excluding tert-OH is 1. The molecule has 0 spiro atoms. The Hall–Kier alpha value is -3.40. The summed E-state index contributed by atoms with van der Waals surface area (Å²) in [6.07, 6.45) is 4.54. The molecule has 0 aliphatic carbocycles. The molecule has 0 saturated heterocycles. The van der Waals surface area contributed by atoms with E-state index in [2.05, 4.69) is 4.98 Å². The maximum absolute atomic E-state index is 11.5. The van der Waals surface area contributed by atoms with Crippen molar-refractivity contribution in [2.24, 2.45) is 7.05 Å². The van der Waals surface area contributed by atoms with Gasteiger partial charge in [0.15, 0.2) is 11.5 Å². The minimum Gasteiger partial charge on any atom is -0.493 e. The molecule has 1 heterocycles. The van der Waals surface area contributed by atoms with Gasteiger partial charge in [0.2, 0.25) is 5.88 Å². The van der Waals surface area contributed by atoms with Gasteiger partial charge in [-0.1, -0.05) is 19.9 Å². The van der Waals surface area contributed by atoms with Crippen molar-refractivity contribution in [3.05, 3.63) is 62.7 Å². The normalized spacial score (nSPS) is 10.2. The molecule has 158 valence electrons. The summed E-state index contributed by atoms with van der Waals surface area (Å²) in [5, 5.41) is 20.1. The first kappa shape index (κ1) is 23.6. The van der Waals surface area contributed by atoms with E-state index in [9.17, 15) is 14.9 Å². The van der Waals surface area contributed by atoms with E-state index in [0.717, 1.165) is 0 Å². The van der Waals surface area contributed by atoms with E-state index in [1.54, 1.807) is 13.1 Å². The summed E-state index contributed by atoms with van der Waals surface area (Å²) in [5.74, 6) is 0.525. The van der Waals surface area contributed by atoms with Gasteiger partial charge in [0, 0.05) is 19.3 Å². The number of rotatable bonds is 9. The van der Waals surface area contributed by atoms with Crippen molar-refractivity contribution in [3.8, 4) is 17.4 Å². The van der Waals surface area contributed by atoms with Gasteiger partial charge in [-0.3, -0.25) is 10.1 Å². The third kappa shape index (κ3) is 6.92. The van der Waals surface area contributed by atoms with Crippen molar-refractivity contribution >= 4 is 5.69 Å². The summed E-state index contributed by atoms with van der Waals surface area (Å²) in [5.41, 5.74) is -0.488. The van der Waals surface area contributed by atoms with Gasteiger partial charge in [0.1, 0.15) is 13.2 Å². The lowest BCUT2D eigenvalue weighted by Crippen LogP contribution is -2.19. The molecule has 0 fully saturated rings. The number of methoxy groups -OCH3 is 1. The van der Waals surface area contributed by atoms with E-state index in [1.165, 1.54) is 42.1 Å². The number of nitro groups is 1. The number of nitrogens with zero attached hydrogens (tertiary/aromatic N) is 3. The summed E-state index contributed by atoms with van der Waals surface area (Å²) in [6, 6.07) is 4.15. The summed E-state index contributed by atoms with van der Waals surface area (Å²) in [6.45, 7) is 3.80. The highest BCUT2D eigenvalue weighted by molar-refractivity contribution is 5.54. The number of benzene rings is 1. The van der Waals surface area contributed by atoms with Gasteiger partial charge in [0.25, 0.3) is 5.69 Å². The minimum absolute atomic E-state index is 0.0563. The van der Waals surface area contributed by atoms with Crippen LogP contribution in [0.25, 0.3) is 0 Å². The summed E-state index contributed by atoms with van der Waals surface area (Å²) in [4.78, 5) is 26.1. The lowest BCUT2D eigenvalue weighted by molar-refractivity contribution is -0.385. The van der Waals surface area contributed by atoms with Gasteiger partial charge >= 0.3 is 5.69 Å². The van der Waals surface area contributed by atoms with Crippen molar-refractivity contribution in [3.63, 3.8) is 0 Å². The van der Waals surface area contributed by atoms with Crippen molar-refractivity contribution < 1.29 is 24.2 Å². The molecule has 0 radical (unpaired) electrons. The predicted octanol–water partition coefficient (Wildman–Crippen LogP) is 2.23. The second-order valence-electron chi connectivity index (χ2n) is 5.30. The third-order valence-electron chi connectivity index (χ3n) is 3.49. The number of hydrogen-bond donors (Lipinski definition) is 1. The van der Waals surface area contributed by atoms with Crippen LogP contribution in [0, 0.1) is 10.1 Å². The number of hydrogen-bond acceptors (Lipinski definition) is 8. The second kappa shape index (κ2) is 12.1. The van der Waals surface area contributed by atoms with Crippen LogP contribution in [-0.4, -0.2) is 39.9 Å². The first-order valence-corrected chi connectivity index (χ1v) is 8.86. The second-order valence-corrected chi connectivity index (χ2v) is 5.30. The van der Waals surface area contributed by atoms with Crippen LogP contribution >= 0.6 is 0 Å². The average Bonchev–Trinajstić information content (AvgIpc) is 2.73. The lowest BCUT2D eigenvalue weighted by atomic mass is 10.1. The van der Waals surface area contributed by atoms with Gasteiger partial charge in [-0.2, -0.15) is 4.98 Å². The van der Waals surface area contributed by atoms with Crippen LogP contribution in [0.2, 0.25) is 0 Å². The zero-order valence-electron chi connectivity index (χ0n) is 16.8. The molecule has 10 heteroatoms. The number of aryl methyl sites for hydroxylation is 1. The molecule has 0 bridgehead atoms. The molecule has 0 aliphatic heterocycles. The standard InChI is InChI=1S/C17H19N3O7.C2H6/c1-19-6-5-16(18-17(19)22)27-11-12-9-14(25-2)15(10-13(12)20(23)24)26-8-4-3-7-21;1-2/h3-6,9-10,21H,7-8,11H2,1-2H3;1-2H3/b4-3+;. The highest BCUT2D eigenvalue weighted by Gasteiger charge is 2.20. The molecule has 2 aromatic rings.